The van der Waals surface area contributed by atoms with Crippen molar-refractivity contribution in [2.75, 3.05) is 29.5 Å². The summed E-state index contributed by atoms with van der Waals surface area (Å²) in [4.78, 5) is 55.7. The number of hydrogen-bond acceptors (Lipinski definition) is 8. The monoisotopic (exact) mass is 768 g/mol. The average molecular weight is 769 g/mol. The number of nitro benzene ring substituents is 1. The van der Waals surface area contributed by atoms with Crippen LogP contribution in [0.2, 0.25) is 5.02 Å². The van der Waals surface area contributed by atoms with Crippen molar-refractivity contribution in [1.29, 1.82) is 0 Å². The summed E-state index contributed by atoms with van der Waals surface area (Å²) in [6.07, 6.45) is 3.11. The van der Waals surface area contributed by atoms with Crippen molar-refractivity contribution in [3.05, 3.63) is 163 Å². The predicted molar refractivity (Wildman–Crippen MR) is 214 cm³/mol. The molecule has 0 unspecified atom stereocenters. The highest BCUT2D eigenvalue weighted by Gasteiger charge is 2.40. The van der Waals surface area contributed by atoms with Gasteiger partial charge >= 0.3 is 6.03 Å². The normalized spacial score (nSPS) is 18.4. The van der Waals surface area contributed by atoms with E-state index in [1.165, 1.54) is 24.3 Å². The average Bonchev–Trinajstić information content (AvgIpc) is 3.20. The molecule has 8 rings (SSSR count). The number of non-ortho nitro benzene ring substituents is 1. The third kappa shape index (κ3) is 6.97. The first-order chi connectivity index (χ1) is 27.2. The van der Waals surface area contributed by atoms with Crippen LogP contribution in [0.5, 0.6) is 11.5 Å². The Labute approximate surface area is 328 Å². The maximum Gasteiger partial charge on any atom is 0.335 e. The number of rotatable bonds is 10. The second-order valence-electron chi connectivity index (χ2n) is 13.9. The minimum Gasteiger partial charge on any atom is -0.490 e. The minimum atomic E-state index is -0.842. The van der Waals surface area contributed by atoms with Gasteiger partial charge in [-0.1, -0.05) is 84.4 Å². The van der Waals surface area contributed by atoms with Crippen molar-refractivity contribution < 1.29 is 28.8 Å². The molecule has 0 aliphatic carbocycles. The Balaban J connectivity index is 1.17. The van der Waals surface area contributed by atoms with E-state index in [2.05, 4.69) is 34.5 Å². The lowest BCUT2D eigenvalue weighted by atomic mass is 9.76. The third-order valence-corrected chi connectivity index (χ3v) is 10.8. The summed E-state index contributed by atoms with van der Waals surface area (Å²) in [7, 11) is 0. The molecule has 4 amide bonds. The number of carbonyl (C=O) groups excluding carboxylic acids is 3. The topological polar surface area (TPSA) is 131 Å². The number of carbonyl (C=O) groups is 3. The van der Waals surface area contributed by atoms with Crippen LogP contribution in [0.3, 0.4) is 0 Å². The summed E-state index contributed by atoms with van der Waals surface area (Å²) in [6, 6.07) is 32.7. The third-order valence-electron chi connectivity index (χ3n) is 10.5. The molecule has 0 radical (unpaired) electrons. The van der Waals surface area contributed by atoms with Gasteiger partial charge in [0.15, 0.2) is 11.5 Å². The van der Waals surface area contributed by atoms with Crippen LogP contribution in [0.4, 0.5) is 21.9 Å². The molecule has 11 nitrogen and oxygen atoms in total. The Morgan fingerprint density at radius 2 is 1.48 bits per heavy atom. The molecule has 56 heavy (non-hydrogen) atoms. The lowest BCUT2D eigenvalue weighted by Gasteiger charge is -2.44. The van der Waals surface area contributed by atoms with Gasteiger partial charge < -0.3 is 14.4 Å². The van der Waals surface area contributed by atoms with E-state index >= 15 is 0 Å². The molecule has 1 N–H and O–H groups in total. The van der Waals surface area contributed by atoms with Crippen LogP contribution in [0.15, 0.2) is 115 Å². The van der Waals surface area contributed by atoms with Gasteiger partial charge in [-0.3, -0.25) is 25.0 Å². The van der Waals surface area contributed by atoms with Crippen LogP contribution in [0.25, 0.3) is 6.08 Å². The Hall–Kier alpha value is -6.46. The summed E-state index contributed by atoms with van der Waals surface area (Å²) in [5.41, 5.74) is 6.46. The van der Waals surface area contributed by atoms with E-state index in [0.717, 1.165) is 58.8 Å². The molecule has 5 aromatic carbocycles. The van der Waals surface area contributed by atoms with Gasteiger partial charge in [-0.15, -0.1) is 0 Å². The van der Waals surface area contributed by atoms with Crippen LogP contribution in [-0.4, -0.2) is 42.5 Å². The van der Waals surface area contributed by atoms with Gasteiger partial charge in [0.2, 0.25) is 0 Å². The molecule has 0 bridgehead atoms. The number of hydrogen-bond donors (Lipinski definition) is 1. The highest BCUT2D eigenvalue weighted by atomic mass is 35.5. The number of amides is 4. The zero-order chi connectivity index (χ0) is 38.9. The van der Waals surface area contributed by atoms with E-state index in [9.17, 15) is 24.5 Å². The Morgan fingerprint density at radius 3 is 2.09 bits per heavy atom. The predicted octanol–water partition coefficient (Wildman–Crippen LogP) is 8.77. The van der Waals surface area contributed by atoms with Crippen molar-refractivity contribution in [3.8, 4) is 11.5 Å². The second-order valence-corrected chi connectivity index (χ2v) is 14.3. The molecule has 12 heteroatoms. The largest absolute Gasteiger partial charge is 0.490 e. The van der Waals surface area contributed by atoms with Gasteiger partial charge in [0.05, 0.1) is 22.2 Å². The fourth-order valence-electron chi connectivity index (χ4n) is 8.02. The zero-order valence-corrected chi connectivity index (χ0v) is 31.2. The molecule has 5 aromatic rings. The van der Waals surface area contributed by atoms with Crippen LogP contribution >= 0.6 is 11.6 Å². The smallest absolute Gasteiger partial charge is 0.335 e. The second kappa shape index (κ2) is 15.3. The Morgan fingerprint density at radius 1 is 0.839 bits per heavy atom. The summed E-state index contributed by atoms with van der Waals surface area (Å²) in [5.74, 6) is -1.12. The molecule has 1 fully saturated rings. The molecule has 282 valence electrons. The number of nitrogens with one attached hydrogen (secondary N) is 1. The van der Waals surface area contributed by atoms with Crippen LogP contribution in [-0.2, 0) is 16.2 Å². The fourth-order valence-corrected chi connectivity index (χ4v) is 8.29. The first-order valence-electron chi connectivity index (χ1n) is 18.5. The molecule has 2 atom stereocenters. The van der Waals surface area contributed by atoms with E-state index in [-0.39, 0.29) is 52.8 Å². The summed E-state index contributed by atoms with van der Waals surface area (Å²) in [5, 5.41) is 13.8. The number of barbiturate groups is 1. The molecular weight excluding hydrogens is 732 g/mol. The highest BCUT2D eigenvalue weighted by molar-refractivity contribution is 6.39. The Bertz CT molecular complexity index is 2330. The number of nitrogens with zero attached hydrogens (tertiary/aromatic N) is 3. The van der Waals surface area contributed by atoms with Crippen molar-refractivity contribution in [2.24, 2.45) is 0 Å². The number of urea groups is 1. The van der Waals surface area contributed by atoms with E-state index < -0.39 is 22.8 Å². The molecule has 1 saturated heterocycles. The van der Waals surface area contributed by atoms with Gasteiger partial charge in [-0.05, 0) is 83.5 Å². The maximum atomic E-state index is 14.4. The first-order valence-corrected chi connectivity index (χ1v) is 18.8. The molecule has 3 aliphatic rings. The lowest BCUT2D eigenvalue weighted by Crippen LogP contribution is -2.54. The van der Waals surface area contributed by atoms with Gasteiger partial charge in [0.1, 0.15) is 12.2 Å². The van der Waals surface area contributed by atoms with Gasteiger partial charge in [-0.25, -0.2) is 9.69 Å². The van der Waals surface area contributed by atoms with Gasteiger partial charge in [-0.2, -0.15) is 0 Å². The van der Waals surface area contributed by atoms with Crippen LogP contribution in [0, 0.1) is 10.1 Å². The van der Waals surface area contributed by atoms with Crippen LogP contribution < -0.4 is 24.6 Å². The first kappa shape index (κ1) is 36.5. The van der Waals surface area contributed by atoms with Crippen molar-refractivity contribution in [1.82, 2.24) is 5.32 Å². The molecular formula is C44H37ClN4O7. The van der Waals surface area contributed by atoms with E-state index in [1.54, 1.807) is 25.1 Å². The van der Waals surface area contributed by atoms with Crippen molar-refractivity contribution >= 4 is 52.6 Å². The summed E-state index contributed by atoms with van der Waals surface area (Å²) >= 11 is 6.71. The molecule has 3 heterocycles. The Kier molecular flexibility index (Phi) is 10.0. The van der Waals surface area contributed by atoms with E-state index in [0.29, 0.717) is 16.8 Å². The van der Waals surface area contributed by atoms with Crippen molar-refractivity contribution in [3.63, 3.8) is 0 Å². The van der Waals surface area contributed by atoms with Crippen LogP contribution in [0.1, 0.15) is 65.0 Å². The summed E-state index contributed by atoms with van der Waals surface area (Å²) in [6.45, 7) is 3.76. The molecule has 3 aliphatic heterocycles. The van der Waals surface area contributed by atoms with E-state index in [4.69, 9.17) is 21.1 Å². The fraction of sp³-hybridized carbons (Fsp3) is 0.205. The van der Waals surface area contributed by atoms with Gasteiger partial charge in [0.25, 0.3) is 17.5 Å². The van der Waals surface area contributed by atoms with Gasteiger partial charge in [0, 0.05) is 42.7 Å². The number of halogens is 1. The standard InChI is InChI=1S/C44H37ClN4O7/c1-2-55-39-23-28(22-38(45)41(39)56-26-27-10-9-15-31(20-27)49(53)54)21-37-42(50)46-44(52)48(43(37)51)32-24-35-33(29-11-5-3-6-12-29)16-18-47-19-17-34(36(25-32)40(35)47)30-13-7-4-8-14-30/h3-15,20-25,33-34H,2,16-19,26H2,1H3,(H,46,50,52)/b37-21+/t33-,34+. The zero-order valence-electron chi connectivity index (χ0n) is 30.4. The number of anilines is 2. The number of benzene rings is 5. The molecule has 0 aromatic heterocycles. The number of nitro groups is 1. The molecule has 0 spiro atoms. The SMILES string of the molecule is CCOc1cc(/C=C2\C(=O)NC(=O)N(c3cc4c5c(c3)[C@H](c3ccccc3)CCN5CC[C@@H]4c3ccccc3)C2=O)cc(Cl)c1OCc1cccc([N+](=O)[O-])c1. The summed E-state index contributed by atoms with van der Waals surface area (Å²) < 4.78 is 11.8. The van der Waals surface area contributed by atoms with Crippen molar-refractivity contribution in [2.45, 2.75) is 38.2 Å². The maximum absolute atomic E-state index is 14.4. The number of imide groups is 2. The highest BCUT2D eigenvalue weighted by Crippen LogP contribution is 2.50. The van der Waals surface area contributed by atoms with E-state index in [1.807, 2.05) is 48.5 Å². The number of ether oxygens (including phenoxy) is 2. The lowest BCUT2D eigenvalue weighted by molar-refractivity contribution is -0.384. The minimum absolute atomic E-state index is 0.0311. The molecule has 0 saturated carbocycles. The quantitative estimate of drug-likeness (QED) is 0.0646.